The highest BCUT2D eigenvalue weighted by molar-refractivity contribution is 5.73. The summed E-state index contributed by atoms with van der Waals surface area (Å²) in [7, 11) is 1.69. The third-order valence-corrected chi connectivity index (χ3v) is 9.40. The van der Waals surface area contributed by atoms with Crippen LogP contribution in [0.15, 0.2) is 72.9 Å². The molecule has 3 aliphatic rings. The molecule has 0 aromatic rings. The number of esters is 1. The smallest absolute Gasteiger partial charge is 0.404 e. The van der Waals surface area contributed by atoms with E-state index in [0.717, 1.165) is 6.42 Å². The molecule has 9 nitrogen and oxygen atoms in total. The Hall–Kier alpha value is -3.43. The van der Waals surface area contributed by atoms with E-state index in [4.69, 9.17) is 19.9 Å². The number of carbonyl (C=O) groups is 3. The lowest BCUT2D eigenvalue weighted by Crippen LogP contribution is -2.50. The summed E-state index contributed by atoms with van der Waals surface area (Å²) in [4.78, 5) is 36.1. The number of allylic oxidation sites excluding steroid dienone is 9. The van der Waals surface area contributed by atoms with Gasteiger partial charge in [-0.05, 0) is 24.7 Å². The summed E-state index contributed by atoms with van der Waals surface area (Å²) in [6, 6.07) is -0.510. The SMILES string of the molecule is COC1CC(OC(N)=O)C2C=CC3C=CC=CC(C)C(C(C)C(O)C(C)NC(C)=O)OC(=O)CC=CC=CC=CC3(C)C2C1. The molecule has 0 radical (unpaired) electrons. The van der Waals surface area contributed by atoms with Crippen molar-refractivity contribution in [3.63, 3.8) is 0 Å². The van der Waals surface area contributed by atoms with E-state index < -0.39 is 36.2 Å². The number of amides is 2. The molecule has 0 aromatic heterocycles. The van der Waals surface area contributed by atoms with E-state index in [-0.39, 0.29) is 53.6 Å². The van der Waals surface area contributed by atoms with Crippen LogP contribution >= 0.6 is 0 Å². The second-order valence-corrected chi connectivity index (χ2v) is 12.6. The van der Waals surface area contributed by atoms with Gasteiger partial charge in [0.2, 0.25) is 5.91 Å². The predicted molar refractivity (Wildman–Crippen MR) is 170 cm³/mol. The number of hydrogen-bond donors (Lipinski definition) is 3. The van der Waals surface area contributed by atoms with Gasteiger partial charge in [0.15, 0.2) is 0 Å². The number of rotatable bonds is 6. The molecule has 4 N–H and O–H groups in total. The third kappa shape index (κ3) is 9.05. The fraction of sp³-hybridized carbons (Fsp3) is 0.571. The Morgan fingerprint density at radius 1 is 1.07 bits per heavy atom. The van der Waals surface area contributed by atoms with Crippen molar-refractivity contribution >= 4 is 18.0 Å². The van der Waals surface area contributed by atoms with Crippen LogP contribution in [0, 0.1) is 35.0 Å². The lowest BCUT2D eigenvalue weighted by Gasteiger charge is -2.51. The summed E-state index contributed by atoms with van der Waals surface area (Å²) in [5, 5.41) is 13.7. The first kappa shape index (κ1) is 35.1. The zero-order valence-electron chi connectivity index (χ0n) is 26.8. The number of ether oxygens (including phenoxy) is 3. The number of carbonyl (C=O) groups excluding carboxylic acids is 3. The van der Waals surface area contributed by atoms with E-state index in [1.807, 2.05) is 50.3 Å². The van der Waals surface area contributed by atoms with Gasteiger partial charge in [0.1, 0.15) is 12.2 Å². The van der Waals surface area contributed by atoms with Gasteiger partial charge in [-0.15, -0.1) is 0 Å². The summed E-state index contributed by atoms with van der Waals surface area (Å²) < 4.78 is 17.2. The molecule has 242 valence electrons. The fourth-order valence-corrected chi connectivity index (χ4v) is 6.93. The standard InChI is InChI=1S/C35H50N2O7/c1-22-14-11-12-15-26-17-18-28-29(20-27(42-6)21-30(28)43-34(36)41)35(26,5)19-13-9-7-8-10-16-31(39)44-33(22)23(2)32(40)24(3)37-25(4)38/h7-15,17-19,22-24,26-30,32-33,40H,16,20-21H2,1-6H3,(H2,36,41)(H,37,38). The molecule has 2 aliphatic carbocycles. The topological polar surface area (TPSA) is 137 Å². The van der Waals surface area contributed by atoms with Crippen LogP contribution < -0.4 is 11.1 Å². The van der Waals surface area contributed by atoms with E-state index in [2.05, 4.69) is 36.5 Å². The minimum Gasteiger partial charge on any atom is -0.461 e. The Kier molecular flexibility index (Phi) is 12.8. The van der Waals surface area contributed by atoms with Crippen LogP contribution in [-0.4, -0.2) is 60.6 Å². The summed E-state index contributed by atoms with van der Waals surface area (Å²) in [6.07, 6.45) is 22.7. The highest BCUT2D eigenvalue weighted by atomic mass is 16.6. The first-order valence-electron chi connectivity index (χ1n) is 15.5. The van der Waals surface area contributed by atoms with E-state index in [1.54, 1.807) is 26.2 Å². The summed E-state index contributed by atoms with van der Waals surface area (Å²) in [5.74, 6) is -1.14. The van der Waals surface area contributed by atoms with Crippen molar-refractivity contribution in [1.82, 2.24) is 5.32 Å². The zero-order chi connectivity index (χ0) is 32.4. The lowest BCUT2D eigenvalue weighted by atomic mass is 9.55. The van der Waals surface area contributed by atoms with Gasteiger partial charge >= 0.3 is 12.1 Å². The van der Waals surface area contributed by atoms with Gasteiger partial charge < -0.3 is 30.4 Å². The molecule has 9 heteroatoms. The normalized spacial score (nSPS) is 34.5. The van der Waals surface area contributed by atoms with Crippen LogP contribution in [0.25, 0.3) is 0 Å². The van der Waals surface area contributed by atoms with Crippen molar-refractivity contribution in [2.45, 2.75) is 84.3 Å². The molecular formula is C35H50N2O7. The van der Waals surface area contributed by atoms with Crippen LogP contribution in [0.2, 0.25) is 0 Å². The Labute approximate surface area is 262 Å². The number of hydrogen-bond acceptors (Lipinski definition) is 7. The number of aliphatic hydroxyl groups is 1. The minimum absolute atomic E-state index is 0.00142. The van der Waals surface area contributed by atoms with Gasteiger partial charge in [-0.25, -0.2) is 4.79 Å². The molecule has 1 saturated carbocycles. The average Bonchev–Trinajstić information content (AvgIpc) is 2.96. The van der Waals surface area contributed by atoms with E-state index in [1.165, 1.54) is 6.92 Å². The molecule has 44 heavy (non-hydrogen) atoms. The summed E-state index contributed by atoms with van der Waals surface area (Å²) in [5.41, 5.74) is 5.11. The van der Waals surface area contributed by atoms with Crippen LogP contribution in [0.1, 0.15) is 53.9 Å². The molecular weight excluding hydrogens is 560 g/mol. The molecule has 1 fully saturated rings. The maximum Gasteiger partial charge on any atom is 0.404 e. The fourth-order valence-electron chi connectivity index (χ4n) is 6.93. The molecule has 0 aromatic carbocycles. The van der Waals surface area contributed by atoms with Crippen molar-refractivity contribution < 1.29 is 33.7 Å². The van der Waals surface area contributed by atoms with E-state index >= 15 is 0 Å². The molecule has 11 atom stereocenters. The maximum absolute atomic E-state index is 12.8. The van der Waals surface area contributed by atoms with Crippen LogP contribution in [0.3, 0.4) is 0 Å². The quantitative estimate of drug-likeness (QED) is 0.286. The molecule has 0 saturated heterocycles. The molecule has 1 aliphatic heterocycles. The molecule has 1 heterocycles. The first-order chi connectivity index (χ1) is 20.9. The minimum atomic E-state index is -0.920. The Morgan fingerprint density at radius 2 is 1.77 bits per heavy atom. The second kappa shape index (κ2) is 16.0. The van der Waals surface area contributed by atoms with Crippen molar-refractivity contribution in [3.05, 3.63) is 72.9 Å². The van der Waals surface area contributed by atoms with Crippen molar-refractivity contribution in [1.29, 1.82) is 0 Å². The van der Waals surface area contributed by atoms with E-state index in [0.29, 0.717) is 6.42 Å². The third-order valence-electron chi connectivity index (χ3n) is 9.40. The largest absolute Gasteiger partial charge is 0.461 e. The van der Waals surface area contributed by atoms with E-state index in [9.17, 15) is 19.5 Å². The highest BCUT2D eigenvalue weighted by Gasteiger charge is 2.50. The predicted octanol–water partition coefficient (Wildman–Crippen LogP) is 4.94. The second-order valence-electron chi connectivity index (χ2n) is 12.6. The average molecular weight is 611 g/mol. The first-order valence-corrected chi connectivity index (χ1v) is 15.5. The van der Waals surface area contributed by atoms with Gasteiger partial charge in [0, 0.05) is 44.1 Å². The molecule has 2 amide bonds. The van der Waals surface area contributed by atoms with Crippen molar-refractivity contribution in [3.8, 4) is 0 Å². The van der Waals surface area contributed by atoms with Gasteiger partial charge in [0.25, 0.3) is 0 Å². The molecule has 0 spiro atoms. The Balaban J connectivity index is 1.96. The number of nitrogens with one attached hydrogen (secondary N) is 1. The number of methoxy groups -OCH3 is 1. The van der Waals surface area contributed by atoms with Gasteiger partial charge in [0.05, 0.1) is 24.7 Å². The zero-order valence-corrected chi connectivity index (χ0v) is 26.8. The number of cyclic esters (lactones) is 1. The number of nitrogens with two attached hydrogens (primary N) is 1. The van der Waals surface area contributed by atoms with Gasteiger partial charge in [-0.2, -0.15) is 0 Å². The molecule has 3 rings (SSSR count). The molecule has 11 unspecified atom stereocenters. The van der Waals surface area contributed by atoms with Gasteiger partial charge in [-0.3, -0.25) is 9.59 Å². The Bertz CT molecular complexity index is 1190. The van der Waals surface area contributed by atoms with Crippen molar-refractivity contribution in [2.75, 3.05) is 7.11 Å². The van der Waals surface area contributed by atoms with Crippen LogP contribution in [0.4, 0.5) is 4.79 Å². The highest BCUT2D eigenvalue weighted by Crippen LogP contribution is 2.53. The lowest BCUT2D eigenvalue weighted by molar-refractivity contribution is -0.156. The van der Waals surface area contributed by atoms with Crippen LogP contribution in [0.5, 0.6) is 0 Å². The van der Waals surface area contributed by atoms with Crippen molar-refractivity contribution in [2.24, 2.45) is 40.7 Å². The summed E-state index contributed by atoms with van der Waals surface area (Å²) in [6.45, 7) is 9.14. The maximum atomic E-state index is 12.8. The monoisotopic (exact) mass is 610 g/mol. The van der Waals surface area contributed by atoms with Crippen LogP contribution in [-0.2, 0) is 23.8 Å². The van der Waals surface area contributed by atoms with Gasteiger partial charge in [-0.1, -0.05) is 93.7 Å². The number of aliphatic hydroxyl groups excluding tert-OH is 1. The number of fused-ring (bicyclic) bond motifs is 3. The number of primary amides is 1. The molecule has 0 bridgehead atoms. The Morgan fingerprint density at radius 3 is 2.45 bits per heavy atom. The summed E-state index contributed by atoms with van der Waals surface area (Å²) >= 11 is 0.